The number of nitrogens with zero attached hydrogens (tertiary/aromatic N) is 3. The number of hydrogen-bond acceptors (Lipinski definition) is 5. The summed E-state index contributed by atoms with van der Waals surface area (Å²) in [5.41, 5.74) is 9.81. The van der Waals surface area contributed by atoms with Crippen LogP contribution in [0.15, 0.2) is 52.9 Å². The molecule has 2 heterocycles. The van der Waals surface area contributed by atoms with Gasteiger partial charge < -0.3 is 20.0 Å². The lowest BCUT2D eigenvalue weighted by Gasteiger charge is -2.35. The van der Waals surface area contributed by atoms with Crippen molar-refractivity contribution in [2.24, 2.45) is 5.73 Å². The number of aryl methyl sites for hydroxylation is 1. The van der Waals surface area contributed by atoms with E-state index in [9.17, 15) is 4.79 Å². The van der Waals surface area contributed by atoms with Crippen molar-refractivity contribution in [1.29, 1.82) is 0 Å². The molecule has 4 rings (SSSR count). The Bertz CT molecular complexity index is 878. The van der Waals surface area contributed by atoms with E-state index in [0.717, 1.165) is 22.2 Å². The smallest absolute Gasteiger partial charge is 0.298 e. The average Bonchev–Trinajstić information content (AvgIpc) is 3.12. The van der Waals surface area contributed by atoms with Crippen LogP contribution in [0.3, 0.4) is 0 Å². The summed E-state index contributed by atoms with van der Waals surface area (Å²) in [6.45, 7) is 4.59. The van der Waals surface area contributed by atoms with Gasteiger partial charge in [-0.15, -0.1) is 0 Å². The molecule has 6 nitrogen and oxygen atoms in total. The topological polar surface area (TPSA) is 75.6 Å². The van der Waals surface area contributed by atoms with Crippen LogP contribution in [0.2, 0.25) is 0 Å². The van der Waals surface area contributed by atoms with E-state index in [1.165, 1.54) is 0 Å². The Morgan fingerprint density at radius 2 is 1.77 bits per heavy atom. The number of amides is 1. The normalized spacial score (nSPS) is 16.1. The SMILES string of the molecule is Cc1ccc(C(N)C(=O)N2CCN(c3nc4ccccc4o3)CC2)cc1. The Kier molecular flexibility index (Phi) is 4.34. The van der Waals surface area contributed by atoms with Crippen molar-refractivity contribution >= 4 is 23.0 Å². The van der Waals surface area contributed by atoms with Crippen LogP contribution in [0.25, 0.3) is 11.1 Å². The summed E-state index contributed by atoms with van der Waals surface area (Å²) in [6, 6.07) is 15.5. The molecule has 0 bridgehead atoms. The maximum absolute atomic E-state index is 12.7. The third-order valence-electron chi connectivity index (χ3n) is 4.85. The van der Waals surface area contributed by atoms with Crippen LogP contribution in [-0.2, 0) is 4.79 Å². The predicted molar refractivity (Wildman–Crippen MR) is 101 cm³/mol. The van der Waals surface area contributed by atoms with Crippen LogP contribution in [0, 0.1) is 6.92 Å². The second kappa shape index (κ2) is 6.80. The minimum absolute atomic E-state index is 0.0360. The molecule has 1 aliphatic rings. The molecule has 1 unspecified atom stereocenters. The number of carbonyl (C=O) groups is 1. The van der Waals surface area contributed by atoms with Crippen molar-refractivity contribution in [2.45, 2.75) is 13.0 Å². The van der Waals surface area contributed by atoms with Gasteiger partial charge in [-0.1, -0.05) is 42.0 Å². The van der Waals surface area contributed by atoms with Gasteiger partial charge in [-0.05, 0) is 24.6 Å². The molecule has 0 aliphatic carbocycles. The zero-order chi connectivity index (χ0) is 18.1. The second-order valence-corrected chi connectivity index (χ2v) is 6.66. The van der Waals surface area contributed by atoms with E-state index in [1.54, 1.807) is 0 Å². The molecule has 0 spiro atoms. The molecular weight excluding hydrogens is 328 g/mol. The van der Waals surface area contributed by atoms with Gasteiger partial charge in [0.05, 0.1) is 0 Å². The fraction of sp³-hybridized carbons (Fsp3) is 0.300. The van der Waals surface area contributed by atoms with E-state index >= 15 is 0 Å². The highest BCUT2D eigenvalue weighted by Gasteiger charge is 2.27. The summed E-state index contributed by atoms with van der Waals surface area (Å²) in [4.78, 5) is 21.1. The third kappa shape index (κ3) is 3.15. The number of rotatable bonds is 3. The first kappa shape index (κ1) is 16.6. The maximum atomic E-state index is 12.7. The summed E-state index contributed by atoms with van der Waals surface area (Å²) >= 11 is 0. The Labute approximate surface area is 152 Å². The quantitative estimate of drug-likeness (QED) is 0.785. The van der Waals surface area contributed by atoms with Crippen LogP contribution in [0.5, 0.6) is 0 Å². The molecule has 2 N–H and O–H groups in total. The highest BCUT2D eigenvalue weighted by molar-refractivity contribution is 5.83. The zero-order valence-electron chi connectivity index (χ0n) is 14.8. The number of aromatic nitrogens is 1. The van der Waals surface area contributed by atoms with Crippen molar-refractivity contribution in [2.75, 3.05) is 31.1 Å². The minimum Gasteiger partial charge on any atom is -0.423 e. The number of fused-ring (bicyclic) bond motifs is 1. The lowest BCUT2D eigenvalue weighted by molar-refractivity contribution is -0.133. The summed E-state index contributed by atoms with van der Waals surface area (Å²) < 4.78 is 5.82. The zero-order valence-corrected chi connectivity index (χ0v) is 14.8. The second-order valence-electron chi connectivity index (χ2n) is 6.66. The Balaban J connectivity index is 1.41. The molecular formula is C20H22N4O2. The third-order valence-corrected chi connectivity index (χ3v) is 4.85. The van der Waals surface area contributed by atoms with Gasteiger partial charge in [0.1, 0.15) is 11.6 Å². The van der Waals surface area contributed by atoms with Crippen molar-refractivity contribution in [3.05, 3.63) is 59.7 Å². The first-order chi connectivity index (χ1) is 12.6. The van der Waals surface area contributed by atoms with Gasteiger partial charge in [-0.3, -0.25) is 4.79 Å². The molecule has 1 aromatic heterocycles. The van der Waals surface area contributed by atoms with Crippen LogP contribution in [0.4, 0.5) is 6.01 Å². The molecule has 0 saturated carbocycles. The van der Waals surface area contributed by atoms with Crippen LogP contribution < -0.4 is 10.6 Å². The summed E-state index contributed by atoms with van der Waals surface area (Å²) in [7, 11) is 0. The number of hydrogen-bond donors (Lipinski definition) is 1. The average molecular weight is 350 g/mol. The maximum Gasteiger partial charge on any atom is 0.298 e. The molecule has 0 radical (unpaired) electrons. The number of nitrogens with two attached hydrogens (primary N) is 1. The van der Waals surface area contributed by atoms with Crippen LogP contribution in [-0.4, -0.2) is 42.0 Å². The van der Waals surface area contributed by atoms with Crippen LogP contribution >= 0.6 is 0 Å². The highest BCUT2D eigenvalue weighted by Crippen LogP contribution is 2.23. The Hall–Kier alpha value is -2.86. The lowest BCUT2D eigenvalue weighted by Crippen LogP contribution is -2.51. The molecule has 2 aromatic carbocycles. The molecule has 1 saturated heterocycles. The molecule has 1 aliphatic heterocycles. The first-order valence-electron chi connectivity index (χ1n) is 8.83. The molecule has 3 aromatic rings. The first-order valence-corrected chi connectivity index (χ1v) is 8.83. The van der Waals surface area contributed by atoms with Gasteiger partial charge in [-0.25, -0.2) is 0 Å². The fourth-order valence-electron chi connectivity index (χ4n) is 3.23. The van der Waals surface area contributed by atoms with Gasteiger partial charge in [0.2, 0.25) is 5.91 Å². The standard InChI is InChI=1S/C20H22N4O2/c1-14-6-8-15(9-7-14)18(21)19(25)23-10-12-24(13-11-23)20-22-16-4-2-3-5-17(16)26-20/h2-9,18H,10-13,21H2,1H3. The summed E-state index contributed by atoms with van der Waals surface area (Å²) in [5.74, 6) is -0.0360. The largest absolute Gasteiger partial charge is 0.423 e. The van der Waals surface area contributed by atoms with Crippen molar-refractivity contribution in [3.8, 4) is 0 Å². The van der Waals surface area contributed by atoms with E-state index in [2.05, 4.69) is 9.88 Å². The number of carbonyl (C=O) groups excluding carboxylic acids is 1. The molecule has 134 valence electrons. The van der Waals surface area contributed by atoms with E-state index in [4.69, 9.17) is 10.2 Å². The number of oxazole rings is 1. The molecule has 1 amide bonds. The van der Waals surface area contributed by atoms with Crippen molar-refractivity contribution < 1.29 is 9.21 Å². The monoisotopic (exact) mass is 350 g/mol. The van der Waals surface area contributed by atoms with E-state index in [1.807, 2.05) is 60.4 Å². The fourth-order valence-corrected chi connectivity index (χ4v) is 3.23. The minimum atomic E-state index is -0.619. The Morgan fingerprint density at radius 1 is 1.08 bits per heavy atom. The van der Waals surface area contributed by atoms with E-state index in [-0.39, 0.29) is 5.91 Å². The molecule has 1 fully saturated rings. The van der Waals surface area contributed by atoms with Gasteiger partial charge >= 0.3 is 0 Å². The lowest BCUT2D eigenvalue weighted by atomic mass is 10.0. The predicted octanol–water partition coefficient (Wildman–Crippen LogP) is 2.48. The van der Waals surface area contributed by atoms with Crippen LogP contribution in [0.1, 0.15) is 17.2 Å². The number of para-hydroxylation sites is 2. The van der Waals surface area contributed by atoms with E-state index < -0.39 is 6.04 Å². The highest BCUT2D eigenvalue weighted by atomic mass is 16.4. The molecule has 6 heteroatoms. The van der Waals surface area contributed by atoms with Gasteiger partial charge in [0.25, 0.3) is 6.01 Å². The van der Waals surface area contributed by atoms with E-state index in [0.29, 0.717) is 32.2 Å². The molecule has 1 atom stereocenters. The van der Waals surface area contributed by atoms with Crippen molar-refractivity contribution in [3.63, 3.8) is 0 Å². The van der Waals surface area contributed by atoms with Gasteiger partial charge in [0, 0.05) is 26.2 Å². The number of anilines is 1. The van der Waals surface area contributed by atoms with Gasteiger partial charge in [-0.2, -0.15) is 4.98 Å². The Morgan fingerprint density at radius 3 is 2.46 bits per heavy atom. The molecule has 26 heavy (non-hydrogen) atoms. The van der Waals surface area contributed by atoms with Gasteiger partial charge in [0.15, 0.2) is 5.58 Å². The number of piperazine rings is 1. The summed E-state index contributed by atoms with van der Waals surface area (Å²) in [6.07, 6.45) is 0. The number of benzene rings is 2. The van der Waals surface area contributed by atoms with Crippen molar-refractivity contribution in [1.82, 2.24) is 9.88 Å². The summed E-state index contributed by atoms with van der Waals surface area (Å²) in [5, 5.41) is 0.